The number of aromatic nitrogens is 7. The maximum Gasteiger partial charge on any atom is 0.289 e. The summed E-state index contributed by atoms with van der Waals surface area (Å²) in [4.78, 5) is 19.3. The molecule has 0 bridgehead atoms. The van der Waals surface area contributed by atoms with Crippen LogP contribution >= 0.6 is 11.3 Å². The van der Waals surface area contributed by atoms with Crippen molar-refractivity contribution in [3.05, 3.63) is 93.8 Å². The van der Waals surface area contributed by atoms with Crippen molar-refractivity contribution in [2.45, 2.75) is 44.2 Å². The van der Waals surface area contributed by atoms with E-state index in [1.807, 2.05) is 41.1 Å². The fourth-order valence-corrected chi connectivity index (χ4v) is 7.23. The number of imidazole rings is 1. The number of alkyl halides is 2. The average Bonchev–Trinajstić information content (AvgIpc) is 3.82. The largest absolute Gasteiger partial charge is 0.383 e. The second kappa shape index (κ2) is 9.78. The van der Waals surface area contributed by atoms with E-state index in [1.54, 1.807) is 17.1 Å². The molecule has 12 heteroatoms. The van der Waals surface area contributed by atoms with Crippen LogP contribution in [-0.4, -0.2) is 34.3 Å². The summed E-state index contributed by atoms with van der Waals surface area (Å²) >= 11 is 1.14. The van der Waals surface area contributed by atoms with Crippen molar-refractivity contribution in [2.24, 2.45) is 0 Å². The predicted molar refractivity (Wildman–Crippen MR) is 156 cm³/mol. The number of hydrogen-bond donors (Lipinski definition) is 2. The number of hydrogen-bond acceptors (Lipinski definition) is 8. The highest BCUT2D eigenvalue weighted by Crippen LogP contribution is 2.42. The summed E-state index contributed by atoms with van der Waals surface area (Å²) in [6, 6.07) is 16.1. The molecule has 42 heavy (non-hydrogen) atoms. The molecule has 9 nitrogen and oxygen atoms in total. The standard InChI is InChI=1S/C30H25F2N9S/c31-26(32)30-38-22-9-8-21(25(22)42-30)36-20-7-4-16-15-17(5-6-18(16)20)41-28(19-3-1-12-34-27(19)33)37-23-10-11-24(39-29(23)41)40-14-2-13-35-40/h1-3,5-6,10-15,20-21,26,36H,4,7-9H2,(H2,33,34)/t20-,21?/m0/s1. The second-order valence-electron chi connectivity index (χ2n) is 10.6. The van der Waals surface area contributed by atoms with Crippen molar-refractivity contribution in [1.82, 2.24) is 39.6 Å². The molecule has 1 unspecified atom stereocenters. The van der Waals surface area contributed by atoms with Crippen LogP contribution in [0.4, 0.5) is 14.6 Å². The molecule has 5 aromatic heterocycles. The molecular weight excluding hydrogens is 556 g/mol. The molecule has 0 radical (unpaired) electrons. The van der Waals surface area contributed by atoms with Gasteiger partial charge >= 0.3 is 0 Å². The number of nitrogens with zero attached hydrogens (tertiary/aromatic N) is 7. The Morgan fingerprint density at radius 1 is 0.976 bits per heavy atom. The molecule has 0 amide bonds. The van der Waals surface area contributed by atoms with E-state index >= 15 is 0 Å². The fraction of sp³-hybridized carbons (Fsp3) is 0.233. The zero-order valence-corrected chi connectivity index (χ0v) is 23.1. The summed E-state index contributed by atoms with van der Waals surface area (Å²) in [5.41, 5.74) is 12.7. The van der Waals surface area contributed by atoms with Gasteiger partial charge in [0, 0.05) is 41.2 Å². The number of nitrogen functional groups attached to an aromatic ring is 1. The summed E-state index contributed by atoms with van der Waals surface area (Å²) in [5, 5.41) is 8.02. The number of fused-ring (bicyclic) bond motifs is 3. The lowest BCUT2D eigenvalue weighted by Crippen LogP contribution is -2.23. The number of anilines is 1. The molecule has 0 saturated carbocycles. The highest BCUT2D eigenvalue weighted by atomic mass is 32.1. The van der Waals surface area contributed by atoms with Crippen molar-refractivity contribution in [2.75, 3.05) is 5.73 Å². The van der Waals surface area contributed by atoms with E-state index in [2.05, 4.69) is 38.6 Å². The van der Waals surface area contributed by atoms with Crippen molar-refractivity contribution >= 4 is 28.3 Å². The minimum Gasteiger partial charge on any atom is -0.383 e. The first-order valence-corrected chi connectivity index (χ1v) is 14.6. The van der Waals surface area contributed by atoms with Crippen molar-refractivity contribution in [3.63, 3.8) is 0 Å². The Bertz CT molecular complexity index is 1950. The van der Waals surface area contributed by atoms with Gasteiger partial charge in [0.1, 0.15) is 11.3 Å². The quantitative estimate of drug-likeness (QED) is 0.252. The van der Waals surface area contributed by atoms with Crippen LogP contribution in [0.1, 0.15) is 58.1 Å². The van der Waals surface area contributed by atoms with Gasteiger partial charge in [0.2, 0.25) is 0 Å². The van der Waals surface area contributed by atoms with Crippen LogP contribution in [0.15, 0.2) is 67.1 Å². The summed E-state index contributed by atoms with van der Waals surface area (Å²) in [7, 11) is 0. The Hall–Kier alpha value is -4.55. The van der Waals surface area contributed by atoms with Gasteiger partial charge in [-0.25, -0.2) is 33.4 Å². The Labute approximate surface area is 243 Å². The molecule has 0 spiro atoms. The number of nitrogens with one attached hydrogen (secondary N) is 1. The van der Waals surface area contributed by atoms with Gasteiger partial charge in [-0.1, -0.05) is 6.07 Å². The van der Waals surface area contributed by atoms with Gasteiger partial charge in [0.05, 0.1) is 11.3 Å². The fourth-order valence-electron chi connectivity index (χ4n) is 6.17. The van der Waals surface area contributed by atoms with Gasteiger partial charge < -0.3 is 11.1 Å². The smallest absolute Gasteiger partial charge is 0.289 e. The molecule has 6 aromatic rings. The van der Waals surface area contributed by atoms with Crippen LogP contribution in [0.5, 0.6) is 0 Å². The summed E-state index contributed by atoms with van der Waals surface area (Å²) in [5.74, 6) is 1.73. The van der Waals surface area contributed by atoms with Crippen LogP contribution in [0.3, 0.4) is 0 Å². The Balaban J connectivity index is 1.18. The molecule has 0 aliphatic heterocycles. The van der Waals surface area contributed by atoms with E-state index in [4.69, 9.17) is 15.7 Å². The zero-order valence-electron chi connectivity index (χ0n) is 22.3. The number of thiazole rings is 1. The number of pyridine rings is 2. The third kappa shape index (κ3) is 4.09. The minimum atomic E-state index is -2.52. The first-order chi connectivity index (χ1) is 20.5. The van der Waals surface area contributed by atoms with E-state index < -0.39 is 6.43 Å². The van der Waals surface area contributed by atoms with Crippen molar-refractivity contribution < 1.29 is 8.78 Å². The number of rotatable bonds is 6. The van der Waals surface area contributed by atoms with Gasteiger partial charge in [-0.05, 0) is 79.3 Å². The van der Waals surface area contributed by atoms with Crippen LogP contribution in [0.2, 0.25) is 0 Å². The summed E-state index contributed by atoms with van der Waals surface area (Å²) in [6.07, 6.45) is 6.15. The highest BCUT2D eigenvalue weighted by Gasteiger charge is 2.33. The number of halogens is 2. The van der Waals surface area contributed by atoms with E-state index in [0.717, 1.165) is 64.4 Å². The van der Waals surface area contributed by atoms with Gasteiger partial charge in [0.25, 0.3) is 6.43 Å². The molecule has 2 atom stereocenters. The Morgan fingerprint density at radius 2 is 1.88 bits per heavy atom. The Morgan fingerprint density at radius 3 is 2.71 bits per heavy atom. The molecule has 2 aliphatic rings. The number of nitrogens with two attached hydrogens (primary N) is 1. The summed E-state index contributed by atoms with van der Waals surface area (Å²) < 4.78 is 30.3. The lowest BCUT2D eigenvalue weighted by molar-refractivity contribution is 0.150. The molecule has 8 rings (SSSR count). The molecule has 3 N–H and O–H groups in total. The molecule has 0 saturated heterocycles. The van der Waals surface area contributed by atoms with Gasteiger partial charge in [-0.3, -0.25) is 4.57 Å². The van der Waals surface area contributed by atoms with E-state index in [0.29, 0.717) is 23.1 Å². The maximum absolute atomic E-state index is 13.3. The van der Waals surface area contributed by atoms with Gasteiger partial charge in [0.15, 0.2) is 22.3 Å². The zero-order chi connectivity index (χ0) is 28.4. The molecule has 210 valence electrons. The van der Waals surface area contributed by atoms with Crippen molar-refractivity contribution in [3.8, 4) is 22.9 Å². The second-order valence-corrected chi connectivity index (χ2v) is 11.6. The molecule has 5 heterocycles. The molecule has 0 fully saturated rings. The first kappa shape index (κ1) is 25.2. The highest BCUT2D eigenvalue weighted by molar-refractivity contribution is 7.12. The third-order valence-electron chi connectivity index (χ3n) is 8.09. The number of aryl methyl sites for hydroxylation is 2. The van der Waals surface area contributed by atoms with E-state index in [-0.39, 0.29) is 17.1 Å². The molecular formula is C30H25F2N9S. The van der Waals surface area contributed by atoms with Gasteiger partial charge in [-0.15, -0.1) is 11.3 Å². The summed E-state index contributed by atoms with van der Waals surface area (Å²) in [6.45, 7) is 0. The molecule has 2 aliphatic carbocycles. The lowest BCUT2D eigenvalue weighted by Gasteiger charge is -2.20. The topological polar surface area (TPSA) is 112 Å². The van der Waals surface area contributed by atoms with Crippen molar-refractivity contribution in [1.29, 1.82) is 0 Å². The predicted octanol–water partition coefficient (Wildman–Crippen LogP) is 5.91. The van der Waals surface area contributed by atoms with Gasteiger partial charge in [-0.2, -0.15) is 5.10 Å². The number of benzene rings is 1. The lowest BCUT2D eigenvalue weighted by atomic mass is 10.1. The maximum atomic E-state index is 13.3. The van der Waals surface area contributed by atoms with E-state index in [9.17, 15) is 8.78 Å². The van der Waals surface area contributed by atoms with E-state index in [1.165, 1.54) is 11.1 Å². The Kier molecular flexibility index (Phi) is 5.86. The monoisotopic (exact) mass is 581 g/mol. The minimum absolute atomic E-state index is 0.0447. The first-order valence-electron chi connectivity index (χ1n) is 13.8. The SMILES string of the molecule is Nc1ncccc1-c1nc2ccc(-n3cccn3)nc2n1-c1ccc2c(c1)CC[C@@H]2NC1CCc2nc(C(F)F)sc21. The average molecular weight is 582 g/mol. The third-order valence-corrected chi connectivity index (χ3v) is 9.31. The van der Waals surface area contributed by atoms with Crippen LogP contribution in [0, 0.1) is 0 Å². The molecule has 1 aromatic carbocycles. The van der Waals surface area contributed by atoms with Crippen LogP contribution in [-0.2, 0) is 12.8 Å². The van der Waals surface area contributed by atoms with Crippen LogP contribution in [0.25, 0.3) is 34.1 Å². The normalized spacial score (nSPS) is 17.8. The van der Waals surface area contributed by atoms with Crippen LogP contribution < -0.4 is 11.1 Å².